The SMILES string of the molecule is O=S(=O)(Oc1cccc(-n2cnnn2)c1)c1cc(F)c(F)cc1F. The van der Waals surface area contributed by atoms with E-state index in [1.165, 1.54) is 29.2 Å². The molecule has 3 aromatic rings. The molecule has 7 nitrogen and oxygen atoms in total. The number of hydrogen-bond donors (Lipinski definition) is 0. The van der Waals surface area contributed by atoms with Crippen molar-refractivity contribution < 1.29 is 25.8 Å². The number of aromatic nitrogens is 4. The first-order chi connectivity index (χ1) is 11.4. The van der Waals surface area contributed by atoms with Gasteiger partial charge in [0.1, 0.15) is 22.8 Å². The minimum Gasteiger partial charge on any atom is -0.379 e. The van der Waals surface area contributed by atoms with Gasteiger partial charge in [-0.25, -0.2) is 17.9 Å². The lowest BCUT2D eigenvalue weighted by atomic mass is 10.3. The van der Waals surface area contributed by atoms with E-state index in [2.05, 4.69) is 15.5 Å². The smallest absolute Gasteiger partial charge is 0.342 e. The van der Waals surface area contributed by atoms with Crippen LogP contribution in [0.1, 0.15) is 0 Å². The van der Waals surface area contributed by atoms with Gasteiger partial charge in [-0.15, -0.1) is 5.10 Å². The van der Waals surface area contributed by atoms with Crippen LogP contribution in [0.3, 0.4) is 0 Å². The van der Waals surface area contributed by atoms with E-state index >= 15 is 0 Å². The fourth-order valence-electron chi connectivity index (χ4n) is 1.82. The van der Waals surface area contributed by atoms with Gasteiger partial charge in [-0.2, -0.15) is 8.42 Å². The van der Waals surface area contributed by atoms with E-state index in [0.29, 0.717) is 5.69 Å². The van der Waals surface area contributed by atoms with Crippen LogP contribution in [-0.4, -0.2) is 28.6 Å². The van der Waals surface area contributed by atoms with Gasteiger partial charge < -0.3 is 4.18 Å². The molecule has 0 bridgehead atoms. The average molecular weight is 356 g/mol. The Kier molecular flexibility index (Phi) is 3.93. The summed E-state index contributed by atoms with van der Waals surface area (Å²) < 4.78 is 69.9. The highest BCUT2D eigenvalue weighted by Crippen LogP contribution is 2.24. The Balaban J connectivity index is 1.96. The second-order valence-corrected chi connectivity index (χ2v) is 6.00. The highest BCUT2D eigenvalue weighted by molar-refractivity contribution is 7.87. The Labute approximate surface area is 133 Å². The molecule has 0 spiro atoms. The van der Waals surface area contributed by atoms with E-state index in [1.54, 1.807) is 6.07 Å². The monoisotopic (exact) mass is 356 g/mol. The summed E-state index contributed by atoms with van der Waals surface area (Å²) in [7, 11) is -4.71. The molecule has 0 aliphatic carbocycles. The van der Waals surface area contributed by atoms with E-state index < -0.39 is 32.5 Å². The molecule has 0 saturated heterocycles. The molecule has 0 atom stereocenters. The molecule has 1 heterocycles. The van der Waals surface area contributed by atoms with Crippen LogP contribution in [0.4, 0.5) is 13.2 Å². The van der Waals surface area contributed by atoms with E-state index in [1.807, 2.05) is 0 Å². The predicted octanol–water partition coefficient (Wildman–Crippen LogP) is 1.85. The van der Waals surface area contributed by atoms with Gasteiger partial charge in [0.05, 0.1) is 5.69 Å². The van der Waals surface area contributed by atoms with E-state index in [4.69, 9.17) is 4.18 Å². The normalized spacial score (nSPS) is 11.5. The summed E-state index contributed by atoms with van der Waals surface area (Å²) in [4.78, 5) is -1.12. The fraction of sp³-hybridized carbons (Fsp3) is 0. The third kappa shape index (κ3) is 3.06. The summed E-state index contributed by atoms with van der Waals surface area (Å²) >= 11 is 0. The van der Waals surface area contributed by atoms with Gasteiger partial charge in [-0.1, -0.05) is 6.07 Å². The van der Waals surface area contributed by atoms with Crippen molar-refractivity contribution in [2.75, 3.05) is 0 Å². The van der Waals surface area contributed by atoms with Crippen LogP contribution in [0.2, 0.25) is 0 Å². The molecule has 1 aromatic heterocycles. The largest absolute Gasteiger partial charge is 0.379 e. The topological polar surface area (TPSA) is 87.0 Å². The van der Waals surface area contributed by atoms with Gasteiger partial charge in [0.2, 0.25) is 0 Å². The third-order valence-electron chi connectivity index (χ3n) is 2.88. The second kappa shape index (κ2) is 5.92. The number of hydrogen-bond acceptors (Lipinski definition) is 6. The van der Waals surface area contributed by atoms with Crippen molar-refractivity contribution in [2.24, 2.45) is 0 Å². The van der Waals surface area contributed by atoms with Gasteiger partial charge in [0, 0.05) is 18.2 Å². The van der Waals surface area contributed by atoms with Crippen LogP contribution in [0.15, 0.2) is 47.6 Å². The Hall–Kier alpha value is -2.95. The van der Waals surface area contributed by atoms with E-state index in [9.17, 15) is 21.6 Å². The molecule has 0 fully saturated rings. The molecule has 124 valence electrons. The quantitative estimate of drug-likeness (QED) is 0.524. The molecule has 0 unspecified atom stereocenters. The maximum absolute atomic E-state index is 13.6. The zero-order valence-corrected chi connectivity index (χ0v) is 12.4. The van der Waals surface area contributed by atoms with E-state index in [0.717, 1.165) is 0 Å². The third-order valence-corrected chi connectivity index (χ3v) is 4.14. The molecule has 0 aliphatic heterocycles. The molecule has 0 saturated carbocycles. The van der Waals surface area contributed by atoms with Crippen molar-refractivity contribution >= 4 is 10.1 Å². The van der Waals surface area contributed by atoms with E-state index in [-0.39, 0.29) is 17.9 Å². The Bertz CT molecular complexity index is 994. The minimum absolute atomic E-state index is 0.128. The standard InChI is InChI=1S/C13H7F3N4O3S/c14-10-5-12(16)13(6-11(10)15)24(21,22)23-9-3-1-2-8(4-9)20-7-17-18-19-20/h1-7H. The average Bonchev–Trinajstić information content (AvgIpc) is 3.05. The highest BCUT2D eigenvalue weighted by atomic mass is 32.2. The zero-order chi connectivity index (χ0) is 17.3. The molecule has 0 N–H and O–H groups in total. The van der Waals surface area contributed by atoms with Crippen LogP contribution >= 0.6 is 0 Å². The molecular formula is C13H7F3N4O3S. The van der Waals surface area contributed by atoms with Gasteiger partial charge in [-0.3, -0.25) is 0 Å². The first kappa shape index (κ1) is 15.9. The molecule has 0 amide bonds. The predicted molar refractivity (Wildman–Crippen MR) is 73.3 cm³/mol. The fourth-order valence-corrected chi connectivity index (χ4v) is 2.82. The summed E-state index contributed by atoms with van der Waals surface area (Å²) in [6.07, 6.45) is 1.27. The van der Waals surface area contributed by atoms with Crippen LogP contribution in [0.5, 0.6) is 5.75 Å². The van der Waals surface area contributed by atoms with Gasteiger partial charge >= 0.3 is 10.1 Å². The molecule has 11 heteroatoms. The first-order valence-corrected chi connectivity index (χ1v) is 7.70. The molecule has 24 heavy (non-hydrogen) atoms. The molecule has 0 aliphatic rings. The minimum atomic E-state index is -4.71. The van der Waals surface area contributed by atoms with Gasteiger partial charge in [0.25, 0.3) is 0 Å². The summed E-state index contributed by atoms with van der Waals surface area (Å²) in [5.41, 5.74) is 0.374. The van der Waals surface area contributed by atoms with Crippen molar-refractivity contribution in [3.63, 3.8) is 0 Å². The van der Waals surface area contributed by atoms with Crippen molar-refractivity contribution in [3.05, 3.63) is 60.2 Å². The lowest BCUT2D eigenvalue weighted by Gasteiger charge is -2.09. The summed E-state index contributed by atoms with van der Waals surface area (Å²) in [5, 5.41) is 10.5. The summed E-state index contributed by atoms with van der Waals surface area (Å²) in [5.74, 6) is -4.68. The maximum Gasteiger partial charge on any atom is 0.342 e. The first-order valence-electron chi connectivity index (χ1n) is 6.29. The Morgan fingerprint density at radius 2 is 1.75 bits per heavy atom. The Morgan fingerprint density at radius 1 is 1.00 bits per heavy atom. The number of rotatable bonds is 4. The zero-order valence-electron chi connectivity index (χ0n) is 11.6. The number of benzene rings is 2. The van der Waals surface area contributed by atoms with Crippen LogP contribution in [-0.2, 0) is 10.1 Å². The van der Waals surface area contributed by atoms with Crippen LogP contribution in [0.25, 0.3) is 5.69 Å². The van der Waals surface area contributed by atoms with Crippen molar-refractivity contribution in [2.45, 2.75) is 4.90 Å². The number of halogens is 3. The van der Waals surface area contributed by atoms with Crippen molar-refractivity contribution in [1.82, 2.24) is 20.2 Å². The number of tetrazole rings is 1. The maximum atomic E-state index is 13.6. The molecule has 3 rings (SSSR count). The molecule has 2 aromatic carbocycles. The lowest BCUT2D eigenvalue weighted by Crippen LogP contribution is -2.13. The molecular weight excluding hydrogens is 349 g/mol. The molecule has 0 radical (unpaired) electrons. The van der Waals surface area contributed by atoms with Crippen LogP contribution < -0.4 is 4.18 Å². The summed E-state index contributed by atoms with van der Waals surface area (Å²) in [6.45, 7) is 0. The van der Waals surface area contributed by atoms with Crippen LogP contribution in [0, 0.1) is 17.5 Å². The highest BCUT2D eigenvalue weighted by Gasteiger charge is 2.24. The second-order valence-electron chi connectivity index (χ2n) is 4.49. The number of nitrogens with zero attached hydrogens (tertiary/aromatic N) is 4. The van der Waals surface area contributed by atoms with Gasteiger partial charge in [-0.05, 0) is 22.6 Å². The summed E-state index contributed by atoms with van der Waals surface area (Å²) in [6, 6.07) is 5.90. The van der Waals surface area contributed by atoms with Crippen molar-refractivity contribution in [1.29, 1.82) is 0 Å². The van der Waals surface area contributed by atoms with Gasteiger partial charge in [0.15, 0.2) is 11.6 Å². The Morgan fingerprint density at radius 3 is 2.46 bits per heavy atom. The lowest BCUT2D eigenvalue weighted by molar-refractivity contribution is 0.460. The van der Waals surface area contributed by atoms with Crippen molar-refractivity contribution in [3.8, 4) is 11.4 Å².